The van der Waals surface area contributed by atoms with E-state index in [0.717, 1.165) is 17.3 Å². The van der Waals surface area contributed by atoms with Gasteiger partial charge in [-0.15, -0.1) is 5.10 Å². The second kappa shape index (κ2) is 6.12. The highest BCUT2D eigenvalue weighted by molar-refractivity contribution is 5.26. The largest absolute Gasteiger partial charge is 0.350 e. The Morgan fingerprint density at radius 2 is 1.78 bits per heavy atom. The lowest BCUT2D eigenvalue weighted by atomic mass is 9.83. The molecule has 2 rings (SSSR count). The summed E-state index contributed by atoms with van der Waals surface area (Å²) < 4.78 is 0. The van der Waals surface area contributed by atoms with Crippen molar-refractivity contribution in [3.63, 3.8) is 0 Å². The number of hydrogen-bond donors (Lipinski definition) is 1. The Labute approximate surface area is 110 Å². The van der Waals surface area contributed by atoms with E-state index in [9.17, 15) is 0 Å². The van der Waals surface area contributed by atoms with Crippen LogP contribution in [-0.2, 0) is 0 Å². The zero-order valence-corrected chi connectivity index (χ0v) is 11.7. The molecule has 100 valence electrons. The van der Waals surface area contributed by atoms with Gasteiger partial charge in [0.25, 0.3) is 0 Å². The fraction of sp³-hybridized carbons (Fsp3) is 0.786. The van der Waals surface area contributed by atoms with Crippen molar-refractivity contribution in [2.75, 3.05) is 5.32 Å². The van der Waals surface area contributed by atoms with Gasteiger partial charge in [0.15, 0.2) is 0 Å². The minimum Gasteiger partial charge on any atom is -0.350 e. The van der Waals surface area contributed by atoms with Crippen LogP contribution in [0.5, 0.6) is 0 Å². The first-order valence-electron chi connectivity index (χ1n) is 7.13. The van der Waals surface area contributed by atoms with Crippen molar-refractivity contribution in [3.05, 3.63) is 11.4 Å². The Hall–Kier alpha value is -1.19. The Kier molecular flexibility index (Phi) is 4.50. The molecule has 0 bridgehead atoms. The fourth-order valence-electron chi connectivity index (χ4n) is 2.70. The molecule has 0 saturated heterocycles. The van der Waals surface area contributed by atoms with Gasteiger partial charge in [-0.1, -0.05) is 19.8 Å². The summed E-state index contributed by atoms with van der Waals surface area (Å²) in [6.45, 7) is 6.20. The van der Waals surface area contributed by atoms with E-state index < -0.39 is 0 Å². The zero-order chi connectivity index (χ0) is 13.0. The highest BCUT2D eigenvalue weighted by atomic mass is 15.2. The summed E-state index contributed by atoms with van der Waals surface area (Å²) >= 11 is 0. The Morgan fingerprint density at radius 3 is 2.39 bits per heavy atom. The van der Waals surface area contributed by atoms with E-state index in [1.807, 2.05) is 13.8 Å². The van der Waals surface area contributed by atoms with Crippen molar-refractivity contribution in [3.8, 4) is 0 Å². The smallest absolute Gasteiger partial charge is 0.243 e. The minimum absolute atomic E-state index is 0.530. The predicted octanol–water partition coefficient (Wildman–Crippen LogP) is 3.26. The molecule has 1 saturated carbocycles. The van der Waals surface area contributed by atoms with Gasteiger partial charge in [0.2, 0.25) is 5.95 Å². The molecule has 0 spiro atoms. The summed E-state index contributed by atoms with van der Waals surface area (Å²) in [4.78, 5) is 4.44. The number of nitrogens with zero attached hydrogens (tertiary/aromatic N) is 3. The van der Waals surface area contributed by atoms with E-state index in [4.69, 9.17) is 0 Å². The van der Waals surface area contributed by atoms with Gasteiger partial charge < -0.3 is 5.32 Å². The van der Waals surface area contributed by atoms with Crippen LogP contribution >= 0.6 is 0 Å². The molecule has 1 aliphatic carbocycles. The zero-order valence-electron chi connectivity index (χ0n) is 11.7. The van der Waals surface area contributed by atoms with Crippen LogP contribution in [0.15, 0.2) is 0 Å². The Balaban J connectivity index is 1.85. The van der Waals surface area contributed by atoms with Crippen LogP contribution in [-0.4, -0.2) is 21.2 Å². The van der Waals surface area contributed by atoms with E-state index in [1.165, 1.54) is 38.5 Å². The highest BCUT2D eigenvalue weighted by Crippen LogP contribution is 2.28. The van der Waals surface area contributed by atoms with Crippen LogP contribution < -0.4 is 5.32 Å². The molecular formula is C14H24N4. The van der Waals surface area contributed by atoms with Crippen LogP contribution in [0.2, 0.25) is 0 Å². The third kappa shape index (κ3) is 3.40. The van der Waals surface area contributed by atoms with Crippen LogP contribution in [0.1, 0.15) is 56.8 Å². The van der Waals surface area contributed by atoms with E-state index in [-0.39, 0.29) is 0 Å². The monoisotopic (exact) mass is 248 g/mol. The molecule has 0 amide bonds. The second-order valence-electron chi connectivity index (χ2n) is 5.46. The average molecular weight is 248 g/mol. The van der Waals surface area contributed by atoms with E-state index in [2.05, 4.69) is 27.4 Å². The first-order valence-corrected chi connectivity index (χ1v) is 7.13. The average Bonchev–Trinajstić information content (AvgIpc) is 2.37. The van der Waals surface area contributed by atoms with E-state index >= 15 is 0 Å². The highest BCUT2D eigenvalue weighted by Gasteiger charge is 2.21. The molecule has 1 aromatic rings. The molecule has 0 atom stereocenters. The first kappa shape index (κ1) is 13.2. The molecule has 1 aromatic heterocycles. The standard InChI is InChI=1S/C14H24N4/c1-4-5-12-6-8-13(9-7-12)16-14-15-10(2)11(3)17-18-14/h12-13H,4-9H2,1-3H3,(H,15,16,18). The van der Waals surface area contributed by atoms with Crippen molar-refractivity contribution in [1.29, 1.82) is 0 Å². The number of aromatic nitrogens is 3. The van der Waals surface area contributed by atoms with Gasteiger partial charge >= 0.3 is 0 Å². The Morgan fingerprint density at radius 1 is 1.06 bits per heavy atom. The van der Waals surface area contributed by atoms with Gasteiger partial charge in [0.05, 0.1) is 11.4 Å². The molecule has 4 heteroatoms. The summed E-state index contributed by atoms with van der Waals surface area (Å²) in [5.41, 5.74) is 1.87. The minimum atomic E-state index is 0.530. The van der Waals surface area contributed by atoms with Crippen LogP contribution in [0.4, 0.5) is 5.95 Å². The van der Waals surface area contributed by atoms with Crippen LogP contribution in [0, 0.1) is 19.8 Å². The molecule has 0 radical (unpaired) electrons. The van der Waals surface area contributed by atoms with Gasteiger partial charge in [-0.2, -0.15) is 5.10 Å². The molecule has 1 heterocycles. The summed E-state index contributed by atoms with van der Waals surface area (Å²) in [6, 6.07) is 0.530. The number of nitrogens with one attached hydrogen (secondary N) is 1. The van der Waals surface area contributed by atoms with Crippen LogP contribution in [0.3, 0.4) is 0 Å². The number of aryl methyl sites for hydroxylation is 2. The molecule has 0 aliphatic heterocycles. The lowest BCUT2D eigenvalue weighted by Crippen LogP contribution is -2.27. The van der Waals surface area contributed by atoms with Gasteiger partial charge in [-0.25, -0.2) is 4.98 Å². The molecule has 1 N–H and O–H groups in total. The maximum absolute atomic E-state index is 4.44. The summed E-state index contributed by atoms with van der Waals surface area (Å²) in [5.74, 6) is 1.63. The van der Waals surface area contributed by atoms with Crippen molar-refractivity contribution in [2.45, 2.75) is 65.3 Å². The normalized spacial score (nSPS) is 23.9. The Bertz CT molecular complexity index is 383. The van der Waals surface area contributed by atoms with E-state index in [0.29, 0.717) is 12.0 Å². The lowest BCUT2D eigenvalue weighted by molar-refractivity contribution is 0.318. The van der Waals surface area contributed by atoms with Gasteiger partial charge in [-0.05, 0) is 45.4 Å². The second-order valence-corrected chi connectivity index (χ2v) is 5.46. The number of rotatable bonds is 4. The van der Waals surface area contributed by atoms with Gasteiger partial charge in [0.1, 0.15) is 0 Å². The maximum atomic E-state index is 4.44. The van der Waals surface area contributed by atoms with Crippen molar-refractivity contribution < 1.29 is 0 Å². The van der Waals surface area contributed by atoms with E-state index in [1.54, 1.807) is 0 Å². The molecule has 18 heavy (non-hydrogen) atoms. The molecule has 1 fully saturated rings. The van der Waals surface area contributed by atoms with Crippen LogP contribution in [0.25, 0.3) is 0 Å². The molecule has 4 nitrogen and oxygen atoms in total. The van der Waals surface area contributed by atoms with Crippen molar-refractivity contribution in [2.24, 2.45) is 5.92 Å². The molecular weight excluding hydrogens is 224 g/mol. The molecule has 0 aromatic carbocycles. The van der Waals surface area contributed by atoms with Gasteiger partial charge in [0, 0.05) is 6.04 Å². The predicted molar refractivity (Wildman–Crippen MR) is 73.6 cm³/mol. The quantitative estimate of drug-likeness (QED) is 0.888. The summed E-state index contributed by atoms with van der Waals surface area (Å²) in [6.07, 6.45) is 7.84. The first-order chi connectivity index (χ1) is 8.69. The van der Waals surface area contributed by atoms with Gasteiger partial charge in [-0.3, -0.25) is 0 Å². The fourth-order valence-corrected chi connectivity index (χ4v) is 2.70. The summed E-state index contributed by atoms with van der Waals surface area (Å²) in [7, 11) is 0. The summed E-state index contributed by atoms with van der Waals surface area (Å²) in [5, 5.41) is 11.7. The third-order valence-corrected chi connectivity index (χ3v) is 3.97. The SMILES string of the molecule is CCCC1CCC(Nc2nnc(C)c(C)n2)CC1. The number of anilines is 1. The third-order valence-electron chi connectivity index (χ3n) is 3.97. The molecule has 0 unspecified atom stereocenters. The maximum Gasteiger partial charge on any atom is 0.243 e. The number of hydrogen-bond acceptors (Lipinski definition) is 4. The molecule has 1 aliphatic rings. The van der Waals surface area contributed by atoms with Crippen molar-refractivity contribution in [1.82, 2.24) is 15.2 Å². The topological polar surface area (TPSA) is 50.7 Å². The van der Waals surface area contributed by atoms with Crippen molar-refractivity contribution >= 4 is 5.95 Å². The lowest BCUT2D eigenvalue weighted by Gasteiger charge is -2.28.